The number of nitrogens with zero attached hydrogens (tertiary/aromatic N) is 1. The van der Waals surface area contributed by atoms with Crippen LogP contribution in [0.4, 0.5) is 5.69 Å². The summed E-state index contributed by atoms with van der Waals surface area (Å²) in [6.45, 7) is 1.49. The number of esters is 1. The Labute approximate surface area is 122 Å². The molecule has 1 amide bonds. The molecule has 0 bridgehead atoms. The summed E-state index contributed by atoms with van der Waals surface area (Å²) in [5.41, 5.74) is 1.63. The molecule has 0 aliphatic carbocycles. The summed E-state index contributed by atoms with van der Waals surface area (Å²) in [6.07, 6.45) is -0.188. The zero-order valence-corrected chi connectivity index (χ0v) is 11.8. The molecule has 112 valence electrons. The average molecular weight is 291 g/mol. The van der Waals surface area contributed by atoms with E-state index in [2.05, 4.69) is 0 Å². The first-order valence-corrected chi connectivity index (χ1v) is 6.90. The van der Waals surface area contributed by atoms with E-state index in [9.17, 15) is 9.59 Å². The van der Waals surface area contributed by atoms with Gasteiger partial charge in [0.25, 0.3) is 0 Å². The molecule has 6 heteroatoms. The summed E-state index contributed by atoms with van der Waals surface area (Å²) < 4.78 is 15.6. The summed E-state index contributed by atoms with van der Waals surface area (Å²) >= 11 is 0. The quantitative estimate of drug-likeness (QED) is 0.784. The van der Waals surface area contributed by atoms with Gasteiger partial charge in [-0.2, -0.15) is 0 Å². The van der Waals surface area contributed by atoms with Crippen molar-refractivity contribution in [2.24, 2.45) is 5.92 Å². The molecular weight excluding hydrogens is 274 g/mol. The van der Waals surface area contributed by atoms with Gasteiger partial charge in [-0.15, -0.1) is 0 Å². The monoisotopic (exact) mass is 291 g/mol. The number of hydrogen-bond acceptors (Lipinski definition) is 5. The Morgan fingerprint density at radius 2 is 2.10 bits per heavy atom. The Morgan fingerprint density at radius 1 is 1.33 bits per heavy atom. The fourth-order valence-electron chi connectivity index (χ4n) is 2.67. The van der Waals surface area contributed by atoms with E-state index in [0.717, 1.165) is 11.3 Å². The lowest BCUT2D eigenvalue weighted by Gasteiger charge is -2.18. The number of rotatable bonds is 3. The van der Waals surface area contributed by atoms with Crippen molar-refractivity contribution in [2.75, 3.05) is 31.8 Å². The molecule has 21 heavy (non-hydrogen) atoms. The van der Waals surface area contributed by atoms with Crippen LogP contribution in [0.2, 0.25) is 0 Å². The van der Waals surface area contributed by atoms with Crippen molar-refractivity contribution in [1.29, 1.82) is 0 Å². The summed E-state index contributed by atoms with van der Waals surface area (Å²) in [7, 11) is 1.34. The summed E-state index contributed by atoms with van der Waals surface area (Å²) in [5.74, 6) is -0.814. The fourth-order valence-corrected chi connectivity index (χ4v) is 2.67. The first-order valence-electron chi connectivity index (χ1n) is 6.90. The first kappa shape index (κ1) is 14.0. The maximum atomic E-state index is 12.1. The lowest BCUT2D eigenvalue weighted by atomic mass is 10.1. The minimum absolute atomic E-state index is 0.0733. The van der Waals surface area contributed by atoms with Gasteiger partial charge in [-0.25, -0.2) is 0 Å². The molecule has 0 aromatic heterocycles. The number of anilines is 1. The fraction of sp³-hybridized carbons (Fsp3) is 0.467. The van der Waals surface area contributed by atoms with Crippen molar-refractivity contribution in [3.8, 4) is 0 Å². The molecule has 1 unspecified atom stereocenters. The van der Waals surface area contributed by atoms with E-state index < -0.39 is 5.92 Å². The van der Waals surface area contributed by atoms with E-state index >= 15 is 0 Å². The van der Waals surface area contributed by atoms with Crippen molar-refractivity contribution in [2.45, 2.75) is 12.7 Å². The molecule has 0 saturated carbocycles. The van der Waals surface area contributed by atoms with E-state index in [4.69, 9.17) is 14.2 Å². The Kier molecular flexibility index (Phi) is 3.90. The minimum atomic E-state index is -0.398. The first-order chi connectivity index (χ1) is 10.2. The number of carbonyl (C=O) groups is 2. The highest BCUT2D eigenvalue weighted by Crippen LogP contribution is 2.30. The average Bonchev–Trinajstić information content (AvgIpc) is 3.16. The van der Waals surface area contributed by atoms with Crippen LogP contribution in [0.5, 0.6) is 0 Å². The van der Waals surface area contributed by atoms with Crippen LogP contribution in [-0.4, -0.2) is 38.7 Å². The number of ether oxygens (including phenoxy) is 3. The molecule has 2 aliphatic rings. The van der Waals surface area contributed by atoms with Crippen LogP contribution in [-0.2, 0) is 23.8 Å². The zero-order chi connectivity index (χ0) is 14.8. The van der Waals surface area contributed by atoms with Gasteiger partial charge in [-0.3, -0.25) is 9.59 Å². The molecule has 0 spiro atoms. The van der Waals surface area contributed by atoms with Gasteiger partial charge in [0.2, 0.25) is 5.91 Å². The zero-order valence-electron chi connectivity index (χ0n) is 11.8. The normalized spacial score (nSPS) is 22.8. The Morgan fingerprint density at radius 3 is 2.81 bits per heavy atom. The van der Waals surface area contributed by atoms with Crippen molar-refractivity contribution < 1.29 is 23.8 Å². The van der Waals surface area contributed by atoms with Crippen molar-refractivity contribution in [1.82, 2.24) is 0 Å². The van der Waals surface area contributed by atoms with Gasteiger partial charge in [-0.1, -0.05) is 12.1 Å². The Bertz CT molecular complexity index is 553. The van der Waals surface area contributed by atoms with Crippen LogP contribution in [0.25, 0.3) is 0 Å². The molecule has 1 atom stereocenters. The highest BCUT2D eigenvalue weighted by Gasteiger charge is 2.36. The molecule has 2 aliphatic heterocycles. The second-order valence-corrected chi connectivity index (χ2v) is 5.10. The summed E-state index contributed by atoms with van der Waals surface area (Å²) in [4.78, 5) is 25.3. The molecule has 1 aromatic rings. The number of methoxy groups -OCH3 is 1. The maximum Gasteiger partial charge on any atom is 0.311 e. The molecule has 0 N–H and O–H groups in total. The van der Waals surface area contributed by atoms with Crippen molar-refractivity contribution in [3.63, 3.8) is 0 Å². The van der Waals surface area contributed by atoms with Crippen LogP contribution < -0.4 is 4.90 Å². The van der Waals surface area contributed by atoms with Gasteiger partial charge in [0.1, 0.15) is 0 Å². The third-order valence-electron chi connectivity index (χ3n) is 3.74. The standard InChI is InChI=1S/C15H17NO5/c1-19-14(18)11-8-13(17)16(9-11)12-4-2-3-10(7-12)15-20-5-6-21-15/h2-4,7,11,15H,5-6,8-9H2,1H3. The number of carbonyl (C=O) groups excluding carboxylic acids is 2. The third-order valence-corrected chi connectivity index (χ3v) is 3.74. The van der Waals surface area contributed by atoms with Gasteiger partial charge in [0.05, 0.1) is 26.2 Å². The lowest BCUT2D eigenvalue weighted by molar-refractivity contribution is -0.145. The lowest BCUT2D eigenvalue weighted by Crippen LogP contribution is -2.26. The summed E-state index contributed by atoms with van der Waals surface area (Å²) in [5, 5.41) is 0. The van der Waals surface area contributed by atoms with Crippen LogP contribution >= 0.6 is 0 Å². The number of benzene rings is 1. The molecule has 1 aromatic carbocycles. The molecule has 0 radical (unpaired) electrons. The second kappa shape index (κ2) is 5.83. The highest BCUT2D eigenvalue weighted by molar-refractivity contribution is 5.99. The van der Waals surface area contributed by atoms with Gasteiger partial charge in [-0.05, 0) is 12.1 Å². The molecule has 2 fully saturated rings. The molecule has 2 heterocycles. The van der Waals surface area contributed by atoms with E-state index in [1.54, 1.807) is 4.90 Å². The van der Waals surface area contributed by atoms with Crippen molar-refractivity contribution in [3.05, 3.63) is 29.8 Å². The van der Waals surface area contributed by atoms with Crippen LogP contribution in [0.15, 0.2) is 24.3 Å². The second-order valence-electron chi connectivity index (χ2n) is 5.10. The van der Waals surface area contributed by atoms with E-state index in [1.807, 2.05) is 24.3 Å². The van der Waals surface area contributed by atoms with Crippen LogP contribution in [0.1, 0.15) is 18.3 Å². The van der Waals surface area contributed by atoms with E-state index in [0.29, 0.717) is 19.8 Å². The van der Waals surface area contributed by atoms with E-state index in [1.165, 1.54) is 7.11 Å². The van der Waals surface area contributed by atoms with Gasteiger partial charge >= 0.3 is 5.97 Å². The maximum absolute atomic E-state index is 12.1. The molecular formula is C15H17NO5. The topological polar surface area (TPSA) is 65.1 Å². The van der Waals surface area contributed by atoms with Crippen LogP contribution in [0.3, 0.4) is 0 Å². The molecule has 2 saturated heterocycles. The largest absolute Gasteiger partial charge is 0.469 e. The smallest absolute Gasteiger partial charge is 0.311 e. The van der Waals surface area contributed by atoms with Gasteiger partial charge in [0.15, 0.2) is 6.29 Å². The predicted molar refractivity (Wildman–Crippen MR) is 73.6 cm³/mol. The highest BCUT2D eigenvalue weighted by atomic mass is 16.7. The van der Waals surface area contributed by atoms with Crippen LogP contribution in [0, 0.1) is 5.92 Å². The van der Waals surface area contributed by atoms with Crippen molar-refractivity contribution >= 4 is 17.6 Å². The van der Waals surface area contributed by atoms with Gasteiger partial charge < -0.3 is 19.1 Å². The Hall–Kier alpha value is -1.92. The van der Waals surface area contributed by atoms with Gasteiger partial charge in [0, 0.05) is 24.2 Å². The summed E-state index contributed by atoms with van der Waals surface area (Å²) in [6, 6.07) is 7.47. The van der Waals surface area contributed by atoms with E-state index in [-0.39, 0.29) is 24.6 Å². The minimum Gasteiger partial charge on any atom is -0.469 e. The molecule has 3 rings (SSSR count). The Balaban J connectivity index is 1.79. The SMILES string of the molecule is COC(=O)C1CC(=O)N(c2cccc(C3OCCO3)c2)C1. The number of hydrogen-bond donors (Lipinski definition) is 0. The predicted octanol–water partition coefficient (Wildman–Crippen LogP) is 1.26. The molecule has 6 nitrogen and oxygen atoms in total. The third kappa shape index (κ3) is 2.77. The number of amides is 1.